The smallest absolute Gasteiger partial charge is 0.252 e. The predicted molar refractivity (Wildman–Crippen MR) is 71.4 cm³/mol. The Kier molecular flexibility index (Phi) is 4.34. The molecule has 0 radical (unpaired) electrons. The van der Waals surface area contributed by atoms with Gasteiger partial charge in [0.05, 0.1) is 10.8 Å². The minimum Gasteiger partial charge on any atom is -0.618 e. The van der Waals surface area contributed by atoms with E-state index < -0.39 is 22.7 Å². The first kappa shape index (κ1) is 14.5. The number of carbonyl (C=O) groups excluding carboxylic acids is 1. The van der Waals surface area contributed by atoms with Crippen LogP contribution >= 0.6 is 11.8 Å². The van der Waals surface area contributed by atoms with E-state index in [0.717, 1.165) is 23.9 Å². The average Bonchev–Trinajstić information content (AvgIpc) is 2.40. The average molecular weight is 295 g/mol. The maximum absolute atomic E-state index is 13.5. The molecule has 1 atom stereocenters. The summed E-state index contributed by atoms with van der Waals surface area (Å²) in [6, 6.07) is 7.63. The van der Waals surface area contributed by atoms with Crippen LogP contribution in [0.4, 0.5) is 8.78 Å². The minimum absolute atomic E-state index is 0.181. The van der Waals surface area contributed by atoms with Crippen molar-refractivity contribution in [3.8, 4) is 0 Å². The first-order valence-electron chi connectivity index (χ1n) is 5.83. The molecule has 1 heterocycles. The van der Waals surface area contributed by atoms with Gasteiger partial charge in [-0.25, -0.2) is 8.78 Å². The Morgan fingerprint density at radius 1 is 1.30 bits per heavy atom. The first-order valence-corrected chi connectivity index (χ1v) is 6.71. The molecule has 0 aliphatic carbocycles. The standard InChI is InChI=1S/C14H11F2NO2S/c1-9(20-13-4-2-3-7-17(13)19)14(18)11-6-5-10(15)8-12(11)16/h2-9H,1H3. The van der Waals surface area contributed by atoms with E-state index in [9.17, 15) is 18.8 Å². The molecule has 0 aliphatic heterocycles. The van der Waals surface area contributed by atoms with Gasteiger partial charge in [0.15, 0.2) is 12.0 Å². The Hall–Kier alpha value is -1.95. The number of halogens is 2. The normalized spacial score (nSPS) is 12.2. The van der Waals surface area contributed by atoms with Crippen LogP contribution in [0.5, 0.6) is 0 Å². The van der Waals surface area contributed by atoms with Crippen LogP contribution in [0.1, 0.15) is 17.3 Å². The highest BCUT2D eigenvalue weighted by Gasteiger charge is 2.22. The van der Waals surface area contributed by atoms with Gasteiger partial charge < -0.3 is 5.21 Å². The summed E-state index contributed by atoms with van der Waals surface area (Å²) < 4.78 is 27.0. The van der Waals surface area contributed by atoms with Crippen molar-refractivity contribution in [1.82, 2.24) is 0 Å². The highest BCUT2D eigenvalue weighted by atomic mass is 32.2. The zero-order chi connectivity index (χ0) is 14.7. The largest absolute Gasteiger partial charge is 0.618 e. The Bertz CT molecular complexity index is 649. The van der Waals surface area contributed by atoms with Gasteiger partial charge in [0.1, 0.15) is 11.6 Å². The molecule has 0 spiro atoms. The van der Waals surface area contributed by atoms with Crippen molar-refractivity contribution in [2.24, 2.45) is 0 Å². The fraction of sp³-hybridized carbons (Fsp3) is 0.143. The van der Waals surface area contributed by atoms with Crippen LogP contribution in [-0.4, -0.2) is 11.0 Å². The summed E-state index contributed by atoms with van der Waals surface area (Å²) in [6.07, 6.45) is 1.32. The second-order valence-corrected chi connectivity index (χ2v) is 5.47. The maximum Gasteiger partial charge on any atom is 0.252 e. The molecule has 3 nitrogen and oxygen atoms in total. The third kappa shape index (κ3) is 3.14. The van der Waals surface area contributed by atoms with E-state index in [-0.39, 0.29) is 5.56 Å². The molecule has 6 heteroatoms. The van der Waals surface area contributed by atoms with Crippen LogP contribution in [0, 0.1) is 16.8 Å². The van der Waals surface area contributed by atoms with Gasteiger partial charge in [-0.2, -0.15) is 4.73 Å². The molecule has 20 heavy (non-hydrogen) atoms. The van der Waals surface area contributed by atoms with Crippen molar-refractivity contribution in [3.63, 3.8) is 0 Å². The predicted octanol–water partition coefficient (Wildman–Crippen LogP) is 2.96. The van der Waals surface area contributed by atoms with Crippen LogP contribution in [0.2, 0.25) is 0 Å². The van der Waals surface area contributed by atoms with Crippen LogP contribution in [0.15, 0.2) is 47.6 Å². The highest BCUT2D eigenvalue weighted by molar-refractivity contribution is 8.00. The van der Waals surface area contributed by atoms with Gasteiger partial charge in [0, 0.05) is 18.2 Å². The second-order valence-electron chi connectivity index (χ2n) is 4.11. The van der Waals surface area contributed by atoms with Crippen molar-refractivity contribution in [3.05, 3.63) is 65.0 Å². The molecule has 0 aliphatic rings. The number of thioether (sulfide) groups is 1. The van der Waals surface area contributed by atoms with E-state index in [1.165, 1.54) is 6.20 Å². The third-order valence-electron chi connectivity index (χ3n) is 2.65. The van der Waals surface area contributed by atoms with Crippen molar-refractivity contribution in [2.75, 3.05) is 0 Å². The molecule has 1 aromatic carbocycles. The van der Waals surface area contributed by atoms with E-state index in [0.29, 0.717) is 15.8 Å². The molecule has 104 valence electrons. The number of rotatable bonds is 4. The number of nitrogens with zero attached hydrogens (tertiary/aromatic N) is 1. The number of ketones is 1. The minimum atomic E-state index is -0.898. The van der Waals surface area contributed by atoms with Crippen molar-refractivity contribution in [2.45, 2.75) is 17.2 Å². The monoisotopic (exact) mass is 295 g/mol. The quantitative estimate of drug-likeness (QED) is 0.377. The van der Waals surface area contributed by atoms with Crippen molar-refractivity contribution in [1.29, 1.82) is 0 Å². The van der Waals surface area contributed by atoms with E-state index >= 15 is 0 Å². The topological polar surface area (TPSA) is 44.0 Å². The van der Waals surface area contributed by atoms with Crippen molar-refractivity contribution < 1.29 is 18.3 Å². The molecule has 0 bridgehead atoms. The summed E-state index contributed by atoms with van der Waals surface area (Å²) in [6.45, 7) is 1.57. The van der Waals surface area contributed by atoms with E-state index in [1.807, 2.05) is 0 Å². The summed E-state index contributed by atoms with van der Waals surface area (Å²) in [4.78, 5) is 12.1. The van der Waals surface area contributed by atoms with Gasteiger partial charge in [-0.05, 0) is 36.9 Å². The van der Waals surface area contributed by atoms with Crippen LogP contribution in [0.25, 0.3) is 0 Å². The SMILES string of the molecule is CC(Sc1cccc[n+]1[O-])C(=O)c1ccc(F)cc1F. The Labute approximate surface area is 118 Å². The molecule has 0 amide bonds. The first-order chi connectivity index (χ1) is 9.49. The lowest BCUT2D eigenvalue weighted by Gasteiger charge is -2.10. The lowest BCUT2D eigenvalue weighted by molar-refractivity contribution is -0.645. The Morgan fingerprint density at radius 3 is 2.70 bits per heavy atom. The van der Waals surface area contributed by atoms with Crippen LogP contribution < -0.4 is 4.73 Å². The molecule has 0 N–H and O–H groups in total. The molecular formula is C14H11F2NO2S. The number of Topliss-reactive ketones (excluding diaryl/α,β-unsaturated/α-hetero) is 1. The second kappa shape index (κ2) is 6.00. The highest BCUT2D eigenvalue weighted by Crippen LogP contribution is 2.24. The molecule has 1 unspecified atom stereocenters. The molecular weight excluding hydrogens is 284 g/mol. The van der Waals surface area contributed by atoms with E-state index in [2.05, 4.69) is 0 Å². The Balaban J connectivity index is 2.19. The van der Waals surface area contributed by atoms with Gasteiger partial charge in [0.25, 0.3) is 5.03 Å². The van der Waals surface area contributed by atoms with Gasteiger partial charge >= 0.3 is 0 Å². The number of hydrogen-bond acceptors (Lipinski definition) is 3. The number of hydrogen-bond donors (Lipinski definition) is 0. The number of aromatic nitrogens is 1. The van der Waals surface area contributed by atoms with Gasteiger partial charge in [0.2, 0.25) is 0 Å². The van der Waals surface area contributed by atoms with Gasteiger partial charge in [-0.1, -0.05) is 0 Å². The number of pyridine rings is 1. The molecule has 2 aromatic rings. The van der Waals surface area contributed by atoms with E-state index in [1.54, 1.807) is 25.1 Å². The number of benzene rings is 1. The molecule has 1 aromatic heterocycles. The summed E-state index contributed by atoms with van der Waals surface area (Å²) >= 11 is 1.03. The summed E-state index contributed by atoms with van der Waals surface area (Å²) in [7, 11) is 0. The van der Waals surface area contributed by atoms with Crippen molar-refractivity contribution >= 4 is 17.5 Å². The molecule has 0 fully saturated rings. The maximum atomic E-state index is 13.5. The van der Waals surface area contributed by atoms with Crippen LogP contribution in [-0.2, 0) is 0 Å². The third-order valence-corrected chi connectivity index (χ3v) is 3.78. The zero-order valence-corrected chi connectivity index (χ0v) is 11.4. The summed E-state index contributed by atoms with van der Waals surface area (Å²) in [5, 5.41) is 11.2. The summed E-state index contributed by atoms with van der Waals surface area (Å²) in [5.74, 6) is -2.12. The summed E-state index contributed by atoms with van der Waals surface area (Å²) in [5.41, 5.74) is -0.181. The van der Waals surface area contributed by atoms with Crippen LogP contribution in [0.3, 0.4) is 0 Å². The molecule has 0 saturated heterocycles. The van der Waals surface area contributed by atoms with E-state index in [4.69, 9.17) is 0 Å². The molecule has 2 rings (SSSR count). The zero-order valence-electron chi connectivity index (χ0n) is 10.5. The molecule has 0 saturated carbocycles. The number of carbonyl (C=O) groups is 1. The Morgan fingerprint density at radius 2 is 2.05 bits per heavy atom. The lowest BCUT2D eigenvalue weighted by atomic mass is 10.1. The fourth-order valence-electron chi connectivity index (χ4n) is 1.65. The van der Waals surface area contributed by atoms with Gasteiger partial charge in [-0.3, -0.25) is 4.79 Å². The lowest BCUT2D eigenvalue weighted by Crippen LogP contribution is -2.29. The fourth-order valence-corrected chi connectivity index (χ4v) is 2.56. The van der Waals surface area contributed by atoms with Gasteiger partial charge in [-0.15, -0.1) is 0 Å².